The molecule has 0 bridgehead atoms. The van der Waals surface area contributed by atoms with Gasteiger partial charge in [-0.1, -0.05) is 13.8 Å². The number of hydrogen-bond donors (Lipinski definition) is 1. The molecule has 3 unspecified atom stereocenters. The lowest BCUT2D eigenvalue weighted by atomic mass is 9.69. The van der Waals surface area contributed by atoms with Crippen LogP contribution in [0.25, 0.3) is 0 Å². The Morgan fingerprint density at radius 1 is 1.22 bits per heavy atom. The summed E-state index contributed by atoms with van der Waals surface area (Å²) in [5.41, 5.74) is -0.0787. The summed E-state index contributed by atoms with van der Waals surface area (Å²) in [5.74, 6) is 1.62. The molecule has 1 aliphatic carbocycles. The Bertz CT molecular complexity index is 383. The Kier molecular flexibility index (Phi) is 4.04. The second-order valence-corrected chi connectivity index (χ2v) is 8.23. The average Bonchev–Trinajstić information content (AvgIpc) is 2.11. The van der Waals surface area contributed by atoms with Crippen molar-refractivity contribution in [1.29, 1.82) is 0 Å². The topological polar surface area (TPSA) is 69.4 Å². The van der Waals surface area contributed by atoms with Crippen LogP contribution in [0.1, 0.15) is 46.0 Å². The van der Waals surface area contributed by atoms with Crippen molar-refractivity contribution in [2.45, 2.75) is 51.6 Å². The molecule has 5 heteroatoms. The van der Waals surface area contributed by atoms with Gasteiger partial charge in [-0.2, -0.15) is 0 Å². The van der Waals surface area contributed by atoms with Crippen molar-refractivity contribution < 1.29 is 13.2 Å². The normalized spacial score (nSPS) is 42.1. The van der Waals surface area contributed by atoms with E-state index in [9.17, 15) is 8.42 Å². The predicted octanol–water partition coefficient (Wildman–Crippen LogP) is 1.90. The van der Waals surface area contributed by atoms with Crippen molar-refractivity contribution in [3.63, 3.8) is 0 Å². The minimum absolute atomic E-state index is 0.0787. The zero-order chi connectivity index (χ0) is 13.4. The zero-order valence-corrected chi connectivity index (χ0v) is 12.2. The third-order valence-corrected chi connectivity index (χ3v) is 5.24. The minimum Gasteiger partial charge on any atom is -0.375 e. The Morgan fingerprint density at radius 3 is 2.39 bits per heavy atom. The summed E-state index contributed by atoms with van der Waals surface area (Å²) in [6.07, 6.45) is 5.07. The summed E-state index contributed by atoms with van der Waals surface area (Å²) in [6.45, 7) is 5.22. The van der Waals surface area contributed by atoms with Gasteiger partial charge in [0.1, 0.15) is 0 Å². The molecule has 0 amide bonds. The maximum Gasteiger partial charge on any atom is 0.209 e. The van der Waals surface area contributed by atoms with Crippen molar-refractivity contribution in [3.8, 4) is 0 Å². The highest BCUT2D eigenvalue weighted by molar-refractivity contribution is 7.89. The molecule has 2 fully saturated rings. The first-order valence-electron chi connectivity index (χ1n) is 6.92. The van der Waals surface area contributed by atoms with Gasteiger partial charge in [0, 0.05) is 6.61 Å². The molecule has 0 aromatic heterocycles. The average molecular weight is 275 g/mol. The fourth-order valence-corrected chi connectivity index (χ4v) is 5.03. The van der Waals surface area contributed by atoms with Crippen molar-refractivity contribution in [3.05, 3.63) is 0 Å². The summed E-state index contributed by atoms with van der Waals surface area (Å²) in [7, 11) is -3.36. The van der Waals surface area contributed by atoms with Gasteiger partial charge < -0.3 is 4.74 Å². The molecule has 1 spiro atoms. The molecule has 2 N–H and O–H groups in total. The largest absolute Gasteiger partial charge is 0.375 e. The van der Waals surface area contributed by atoms with Gasteiger partial charge in [0.15, 0.2) is 0 Å². The molecule has 4 nitrogen and oxygen atoms in total. The second kappa shape index (κ2) is 5.10. The third-order valence-electron chi connectivity index (χ3n) is 4.31. The smallest absolute Gasteiger partial charge is 0.209 e. The lowest BCUT2D eigenvalue weighted by Crippen LogP contribution is -2.46. The molecule has 18 heavy (non-hydrogen) atoms. The van der Waals surface area contributed by atoms with Crippen molar-refractivity contribution in [2.75, 3.05) is 12.4 Å². The molecule has 0 aromatic rings. The van der Waals surface area contributed by atoms with E-state index in [1.54, 1.807) is 0 Å². The van der Waals surface area contributed by atoms with Crippen LogP contribution in [0.15, 0.2) is 0 Å². The van der Waals surface area contributed by atoms with Gasteiger partial charge in [-0.15, -0.1) is 0 Å². The molecule has 1 aliphatic heterocycles. The van der Waals surface area contributed by atoms with E-state index in [1.807, 2.05) is 0 Å². The predicted molar refractivity (Wildman–Crippen MR) is 71.6 cm³/mol. The van der Waals surface area contributed by atoms with Gasteiger partial charge in [0.2, 0.25) is 10.0 Å². The van der Waals surface area contributed by atoms with Gasteiger partial charge in [-0.25, -0.2) is 13.6 Å². The van der Waals surface area contributed by atoms with E-state index in [-0.39, 0.29) is 17.3 Å². The second-order valence-electron chi connectivity index (χ2n) is 6.57. The van der Waals surface area contributed by atoms with Gasteiger partial charge in [-0.3, -0.25) is 0 Å². The van der Waals surface area contributed by atoms with E-state index < -0.39 is 10.0 Å². The number of nitrogens with two attached hydrogens (primary N) is 1. The number of primary sulfonamides is 1. The van der Waals surface area contributed by atoms with Crippen LogP contribution in [0.4, 0.5) is 0 Å². The van der Waals surface area contributed by atoms with E-state index >= 15 is 0 Å². The maximum absolute atomic E-state index is 11.2. The monoisotopic (exact) mass is 275 g/mol. The lowest BCUT2D eigenvalue weighted by molar-refractivity contribution is -0.132. The third kappa shape index (κ3) is 3.68. The first-order chi connectivity index (χ1) is 8.28. The van der Waals surface area contributed by atoms with Crippen molar-refractivity contribution in [2.24, 2.45) is 22.9 Å². The first-order valence-corrected chi connectivity index (χ1v) is 8.64. The van der Waals surface area contributed by atoms with Crippen molar-refractivity contribution in [1.82, 2.24) is 0 Å². The lowest BCUT2D eigenvalue weighted by Gasteiger charge is -2.47. The molecule has 0 aromatic carbocycles. The number of rotatable bonds is 2. The standard InChI is InChI=1S/C13H25NO3S/c1-10-5-11(2)7-13(6-10)8-12(3-4-17-13)9-18(14,15)16/h10-12H,3-9H2,1-2H3,(H2,14,15,16). The van der Waals surface area contributed by atoms with Crippen LogP contribution in [0, 0.1) is 17.8 Å². The zero-order valence-electron chi connectivity index (χ0n) is 11.4. The molecular formula is C13H25NO3S. The van der Waals surface area contributed by atoms with Gasteiger partial charge >= 0.3 is 0 Å². The van der Waals surface area contributed by atoms with Crippen LogP contribution < -0.4 is 5.14 Å². The van der Waals surface area contributed by atoms with Crippen LogP contribution in [-0.2, 0) is 14.8 Å². The Balaban J connectivity index is 2.05. The summed E-state index contributed by atoms with van der Waals surface area (Å²) < 4.78 is 28.5. The molecule has 3 atom stereocenters. The molecule has 1 saturated heterocycles. The molecule has 0 radical (unpaired) electrons. The fraction of sp³-hybridized carbons (Fsp3) is 1.00. The highest BCUT2D eigenvalue weighted by Gasteiger charge is 2.43. The molecule has 106 valence electrons. The summed E-state index contributed by atoms with van der Waals surface area (Å²) >= 11 is 0. The molecule has 1 saturated carbocycles. The summed E-state index contributed by atoms with van der Waals surface area (Å²) in [4.78, 5) is 0. The highest BCUT2D eigenvalue weighted by atomic mass is 32.2. The van der Waals surface area contributed by atoms with E-state index in [0.29, 0.717) is 18.4 Å². The number of ether oxygens (including phenoxy) is 1. The van der Waals surface area contributed by atoms with Crippen LogP contribution >= 0.6 is 0 Å². The highest BCUT2D eigenvalue weighted by Crippen LogP contribution is 2.45. The van der Waals surface area contributed by atoms with E-state index in [0.717, 1.165) is 25.7 Å². The molecule has 1 heterocycles. The Morgan fingerprint density at radius 2 is 1.83 bits per heavy atom. The first kappa shape index (κ1) is 14.3. The van der Waals surface area contributed by atoms with Crippen LogP contribution in [0.3, 0.4) is 0 Å². The molecular weight excluding hydrogens is 250 g/mol. The van der Waals surface area contributed by atoms with E-state index in [1.165, 1.54) is 6.42 Å². The fourth-order valence-electron chi connectivity index (χ4n) is 4.09. The van der Waals surface area contributed by atoms with Crippen LogP contribution in [0.5, 0.6) is 0 Å². The summed E-state index contributed by atoms with van der Waals surface area (Å²) in [6, 6.07) is 0. The molecule has 2 rings (SSSR count). The van der Waals surface area contributed by atoms with Crippen molar-refractivity contribution >= 4 is 10.0 Å². The van der Waals surface area contributed by atoms with E-state index in [2.05, 4.69) is 13.8 Å². The van der Waals surface area contributed by atoms with Crippen LogP contribution in [-0.4, -0.2) is 26.4 Å². The molecule has 2 aliphatic rings. The van der Waals surface area contributed by atoms with Crippen LogP contribution in [0.2, 0.25) is 0 Å². The number of hydrogen-bond acceptors (Lipinski definition) is 3. The van der Waals surface area contributed by atoms with E-state index in [4.69, 9.17) is 9.88 Å². The van der Waals surface area contributed by atoms with Gasteiger partial charge in [0.05, 0.1) is 11.4 Å². The van der Waals surface area contributed by atoms with Gasteiger partial charge in [-0.05, 0) is 49.9 Å². The minimum atomic E-state index is -3.36. The number of sulfonamides is 1. The quantitative estimate of drug-likeness (QED) is 0.836. The Labute approximate surface area is 110 Å². The Hall–Kier alpha value is -0.130. The van der Waals surface area contributed by atoms with Gasteiger partial charge in [0.25, 0.3) is 0 Å². The summed E-state index contributed by atoms with van der Waals surface area (Å²) in [5, 5.41) is 5.17. The maximum atomic E-state index is 11.2. The SMILES string of the molecule is CC1CC(C)CC2(C1)CC(CS(N)(=O)=O)CCO2.